The van der Waals surface area contributed by atoms with Gasteiger partial charge in [-0.1, -0.05) is 11.8 Å². The second-order valence-electron chi connectivity index (χ2n) is 1.61. The van der Waals surface area contributed by atoms with Crippen molar-refractivity contribution in [1.82, 2.24) is 0 Å². The summed E-state index contributed by atoms with van der Waals surface area (Å²) in [6.45, 7) is 0.0349. The first-order valence-corrected chi connectivity index (χ1v) is 3.75. The van der Waals surface area contributed by atoms with Crippen molar-refractivity contribution >= 4 is 17.7 Å². The van der Waals surface area contributed by atoms with Gasteiger partial charge in [-0.3, -0.25) is 0 Å². The van der Waals surface area contributed by atoms with E-state index in [1.807, 2.05) is 0 Å². The number of hydrogen-bond acceptors (Lipinski definition) is 5. The van der Waals surface area contributed by atoms with Gasteiger partial charge in [0.25, 0.3) is 0 Å². The second kappa shape index (κ2) is 2.55. The van der Waals surface area contributed by atoms with Crippen LogP contribution in [0.3, 0.4) is 0 Å². The molecule has 10 heavy (non-hydrogen) atoms. The van der Waals surface area contributed by atoms with Crippen LogP contribution >= 0.6 is 11.8 Å². The maximum atomic E-state index is 10.5. The minimum Gasteiger partial charge on any atom is -0.477 e. The normalized spacial score (nSPS) is 30.9. The van der Waals surface area contributed by atoms with Crippen LogP contribution in [0.4, 0.5) is 0 Å². The lowest BCUT2D eigenvalue weighted by Crippen LogP contribution is -2.32. The molecule has 1 aliphatic heterocycles. The highest BCUT2D eigenvalue weighted by Crippen LogP contribution is 2.30. The van der Waals surface area contributed by atoms with E-state index in [0.29, 0.717) is 0 Å². The highest BCUT2D eigenvalue weighted by molar-refractivity contribution is 8.00. The van der Waals surface area contributed by atoms with Gasteiger partial charge in [-0.15, -0.1) is 5.11 Å². The summed E-state index contributed by atoms with van der Waals surface area (Å²) in [7, 11) is 0. The number of thioether (sulfide) groups is 1. The predicted octanol–water partition coefficient (Wildman–Crippen LogP) is 0.528. The van der Waals surface area contributed by atoms with Gasteiger partial charge in [0, 0.05) is 0 Å². The van der Waals surface area contributed by atoms with Gasteiger partial charge in [0.05, 0.1) is 0 Å². The molecule has 0 bridgehead atoms. The van der Waals surface area contributed by atoms with E-state index in [2.05, 4.69) is 10.2 Å². The quantitative estimate of drug-likeness (QED) is 0.642. The molecule has 0 aliphatic carbocycles. The maximum Gasteiger partial charge on any atom is 0.372 e. The average Bonchev–Trinajstić information content (AvgIpc) is 2.35. The minimum absolute atomic E-state index is 0.0349. The number of hydrogen-bond donors (Lipinski definition) is 1. The molecule has 56 valence electrons. The van der Waals surface area contributed by atoms with E-state index in [1.54, 1.807) is 6.26 Å². The third kappa shape index (κ3) is 0.994. The zero-order valence-electron chi connectivity index (χ0n) is 5.27. The molecule has 0 aromatic rings. The van der Waals surface area contributed by atoms with Crippen LogP contribution in [-0.4, -0.2) is 29.1 Å². The third-order valence-corrected chi connectivity index (χ3v) is 1.99. The first-order chi connectivity index (χ1) is 4.71. The Morgan fingerprint density at radius 2 is 2.60 bits per heavy atom. The lowest BCUT2D eigenvalue weighted by atomic mass is 10.6. The predicted molar refractivity (Wildman–Crippen MR) is 34.7 cm³/mol. The zero-order chi connectivity index (χ0) is 7.61. The second-order valence-corrected chi connectivity index (χ2v) is 2.57. The van der Waals surface area contributed by atoms with E-state index in [4.69, 9.17) is 9.84 Å². The topological polar surface area (TPSA) is 71.2 Å². The van der Waals surface area contributed by atoms with Crippen molar-refractivity contribution < 1.29 is 14.6 Å². The van der Waals surface area contributed by atoms with Crippen LogP contribution in [0.5, 0.6) is 0 Å². The lowest BCUT2D eigenvalue weighted by Gasteiger charge is -2.14. The number of ether oxygens (including phenoxy) is 1. The number of rotatable bonds is 2. The summed E-state index contributed by atoms with van der Waals surface area (Å²) in [6, 6.07) is 0. The Bertz CT molecular complexity index is 183. The molecule has 1 heterocycles. The molecule has 0 fully saturated rings. The molecule has 0 amide bonds. The van der Waals surface area contributed by atoms with Gasteiger partial charge in [-0.2, -0.15) is 5.11 Å². The van der Waals surface area contributed by atoms with E-state index in [0.717, 1.165) is 11.8 Å². The van der Waals surface area contributed by atoms with Crippen molar-refractivity contribution in [3.8, 4) is 0 Å². The van der Waals surface area contributed by atoms with Crippen molar-refractivity contribution in [3.05, 3.63) is 0 Å². The molecule has 0 saturated heterocycles. The van der Waals surface area contributed by atoms with Crippen molar-refractivity contribution in [3.63, 3.8) is 0 Å². The number of carbonyl (C=O) groups is 1. The summed E-state index contributed by atoms with van der Waals surface area (Å²) in [4.78, 5) is 10.5. The summed E-state index contributed by atoms with van der Waals surface area (Å²) in [5.74, 6) is -1.11. The Morgan fingerprint density at radius 1 is 1.90 bits per heavy atom. The molecule has 1 N–H and O–H groups in total. The number of nitrogens with zero attached hydrogens (tertiary/aromatic N) is 2. The molecule has 0 aromatic carbocycles. The van der Waals surface area contributed by atoms with Crippen molar-refractivity contribution in [2.45, 2.75) is 5.06 Å². The number of aliphatic carboxylic acids is 1. The van der Waals surface area contributed by atoms with E-state index in [9.17, 15) is 4.79 Å². The van der Waals surface area contributed by atoms with Crippen molar-refractivity contribution in [2.24, 2.45) is 10.2 Å². The fraction of sp³-hybridized carbons (Fsp3) is 0.750. The van der Waals surface area contributed by atoms with Gasteiger partial charge in [-0.25, -0.2) is 4.79 Å². The minimum atomic E-state index is -1.47. The van der Waals surface area contributed by atoms with Crippen LogP contribution in [0, 0.1) is 0 Å². The SMILES string of the molecule is CSC1(C(=O)O)N=NCO1. The molecule has 1 rings (SSSR count). The fourth-order valence-electron chi connectivity index (χ4n) is 0.559. The van der Waals surface area contributed by atoms with Gasteiger partial charge >= 0.3 is 11.0 Å². The van der Waals surface area contributed by atoms with E-state index in [-0.39, 0.29) is 6.73 Å². The number of azo groups is 1. The highest BCUT2D eigenvalue weighted by atomic mass is 32.2. The van der Waals surface area contributed by atoms with Gasteiger partial charge < -0.3 is 9.84 Å². The smallest absolute Gasteiger partial charge is 0.372 e. The summed E-state index contributed by atoms with van der Waals surface area (Å²) >= 11 is 1.01. The van der Waals surface area contributed by atoms with Gasteiger partial charge in [0.15, 0.2) is 6.73 Å². The summed E-state index contributed by atoms with van der Waals surface area (Å²) in [5.41, 5.74) is 0. The van der Waals surface area contributed by atoms with Crippen LogP contribution in [0.1, 0.15) is 0 Å². The summed E-state index contributed by atoms with van der Waals surface area (Å²) < 4.78 is 4.78. The summed E-state index contributed by atoms with van der Waals surface area (Å²) in [6.07, 6.45) is 1.61. The molecule has 1 atom stereocenters. The Kier molecular flexibility index (Phi) is 1.91. The number of carboxylic acid groups (broad SMARTS) is 1. The third-order valence-electron chi connectivity index (χ3n) is 1.07. The molecule has 6 heteroatoms. The Hall–Kier alpha value is -0.620. The number of carboxylic acids is 1. The molecular formula is C4H6N2O3S. The average molecular weight is 162 g/mol. The van der Waals surface area contributed by atoms with Crippen LogP contribution in [0.25, 0.3) is 0 Å². The van der Waals surface area contributed by atoms with Crippen LogP contribution < -0.4 is 0 Å². The first-order valence-electron chi connectivity index (χ1n) is 2.52. The van der Waals surface area contributed by atoms with E-state index < -0.39 is 11.0 Å². The maximum absolute atomic E-state index is 10.5. The van der Waals surface area contributed by atoms with Gasteiger partial charge in [0.1, 0.15) is 0 Å². The lowest BCUT2D eigenvalue weighted by molar-refractivity contribution is -0.150. The van der Waals surface area contributed by atoms with E-state index in [1.165, 1.54) is 0 Å². The molecule has 1 unspecified atom stereocenters. The van der Waals surface area contributed by atoms with Gasteiger partial charge in [0.2, 0.25) is 0 Å². The van der Waals surface area contributed by atoms with Crippen LogP contribution in [0.2, 0.25) is 0 Å². The molecule has 0 aromatic heterocycles. The first kappa shape index (κ1) is 7.49. The Labute approximate surface area is 61.5 Å². The van der Waals surface area contributed by atoms with Crippen molar-refractivity contribution in [1.29, 1.82) is 0 Å². The Morgan fingerprint density at radius 3 is 2.80 bits per heavy atom. The highest BCUT2D eigenvalue weighted by Gasteiger charge is 2.42. The Balaban J connectivity index is 2.78. The molecular weight excluding hydrogens is 156 g/mol. The largest absolute Gasteiger partial charge is 0.477 e. The monoisotopic (exact) mass is 162 g/mol. The van der Waals surface area contributed by atoms with Gasteiger partial charge in [-0.05, 0) is 6.26 Å². The molecule has 5 nitrogen and oxygen atoms in total. The van der Waals surface area contributed by atoms with Crippen molar-refractivity contribution in [2.75, 3.05) is 13.0 Å². The fourth-order valence-corrected chi connectivity index (χ4v) is 1.04. The molecule has 0 radical (unpaired) electrons. The van der Waals surface area contributed by atoms with Crippen LogP contribution in [-0.2, 0) is 9.53 Å². The summed E-state index contributed by atoms with van der Waals surface area (Å²) in [5, 5.41) is 14.0. The molecule has 0 saturated carbocycles. The standard InChI is InChI=1S/C4H6N2O3S/c1-10-4(3(7)8)6-5-2-9-4/h2H2,1H3,(H,7,8). The molecule has 1 aliphatic rings. The molecule has 0 spiro atoms. The zero-order valence-corrected chi connectivity index (χ0v) is 6.09. The van der Waals surface area contributed by atoms with Crippen LogP contribution in [0.15, 0.2) is 10.2 Å². The van der Waals surface area contributed by atoms with E-state index >= 15 is 0 Å².